The molecule has 7 heteroatoms. The second kappa shape index (κ2) is 5.48. The van der Waals surface area contributed by atoms with Crippen molar-refractivity contribution >= 4 is 22.8 Å². The molecule has 0 saturated carbocycles. The van der Waals surface area contributed by atoms with Gasteiger partial charge >= 0.3 is 0 Å². The van der Waals surface area contributed by atoms with E-state index in [9.17, 15) is 4.79 Å². The predicted molar refractivity (Wildman–Crippen MR) is 89.2 cm³/mol. The molecule has 2 saturated heterocycles. The van der Waals surface area contributed by atoms with Crippen molar-refractivity contribution in [2.45, 2.75) is 44.2 Å². The lowest BCUT2D eigenvalue weighted by Crippen LogP contribution is -2.72. The average molecular weight is 324 g/mol. The van der Waals surface area contributed by atoms with Crippen LogP contribution in [0.1, 0.15) is 32.6 Å². The molecule has 0 aliphatic carbocycles. The standard InChI is InChI=1S/C17H20N6O/c1-12-9-17(23(12)14(24)3-6-18)5-2-8-22(10-17)16-13-4-7-19-15(13)20-11-21-16/h4,7,11-12H,2-3,5,8-10H2,1H3,(H,19,20,21). The van der Waals surface area contributed by atoms with E-state index in [4.69, 9.17) is 5.26 Å². The number of H-pyrrole nitrogens is 1. The number of likely N-dealkylation sites (tertiary alicyclic amines) is 1. The van der Waals surface area contributed by atoms with Crippen LogP contribution in [0.15, 0.2) is 18.6 Å². The number of nitriles is 1. The zero-order chi connectivity index (χ0) is 16.7. The highest BCUT2D eigenvalue weighted by atomic mass is 16.2. The van der Waals surface area contributed by atoms with Crippen LogP contribution in [-0.2, 0) is 4.79 Å². The number of hydrogen-bond donors (Lipinski definition) is 1. The van der Waals surface area contributed by atoms with Crippen molar-refractivity contribution in [3.8, 4) is 6.07 Å². The monoisotopic (exact) mass is 324 g/mol. The number of aromatic amines is 1. The number of anilines is 1. The molecule has 7 nitrogen and oxygen atoms in total. The van der Waals surface area contributed by atoms with Gasteiger partial charge in [-0.2, -0.15) is 5.26 Å². The molecule has 2 aliphatic rings. The molecular formula is C17H20N6O. The maximum Gasteiger partial charge on any atom is 0.237 e. The molecule has 2 fully saturated rings. The molecule has 124 valence electrons. The Morgan fingerprint density at radius 2 is 2.42 bits per heavy atom. The normalized spacial score (nSPS) is 26.4. The number of rotatable bonds is 2. The summed E-state index contributed by atoms with van der Waals surface area (Å²) in [6, 6.07) is 4.20. The number of fused-ring (bicyclic) bond motifs is 1. The minimum absolute atomic E-state index is 0.0400. The Morgan fingerprint density at radius 3 is 3.21 bits per heavy atom. The second-order valence-electron chi connectivity index (χ2n) is 6.84. The van der Waals surface area contributed by atoms with Crippen LogP contribution in [0.4, 0.5) is 5.82 Å². The van der Waals surface area contributed by atoms with Crippen molar-refractivity contribution < 1.29 is 4.79 Å². The van der Waals surface area contributed by atoms with Gasteiger partial charge in [0.05, 0.1) is 17.0 Å². The summed E-state index contributed by atoms with van der Waals surface area (Å²) in [5.74, 6) is 0.875. The molecule has 2 aromatic rings. The highest BCUT2D eigenvalue weighted by Crippen LogP contribution is 2.44. The van der Waals surface area contributed by atoms with Crippen LogP contribution in [0.5, 0.6) is 0 Å². The zero-order valence-electron chi connectivity index (χ0n) is 13.7. The number of nitrogens with zero attached hydrogens (tertiary/aromatic N) is 5. The Hall–Kier alpha value is -2.62. The van der Waals surface area contributed by atoms with Crippen LogP contribution >= 0.6 is 0 Å². The first kappa shape index (κ1) is 14.9. The summed E-state index contributed by atoms with van der Waals surface area (Å²) in [4.78, 5) is 28.4. The highest BCUT2D eigenvalue weighted by Gasteiger charge is 2.53. The van der Waals surface area contributed by atoms with Gasteiger partial charge < -0.3 is 14.8 Å². The molecule has 4 rings (SSSR count). The number of hydrogen-bond acceptors (Lipinski definition) is 5. The Morgan fingerprint density at radius 1 is 1.54 bits per heavy atom. The van der Waals surface area contributed by atoms with Gasteiger partial charge in [0.15, 0.2) is 0 Å². The third-order valence-corrected chi connectivity index (χ3v) is 5.31. The summed E-state index contributed by atoms with van der Waals surface area (Å²) in [5.41, 5.74) is 0.679. The van der Waals surface area contributed by atoms with E-state index in [0.717, 1.165) is 49.2 Å². The molecular weight excluding hydrogens is 304 g/mol. The molecule has 2 unspecified atom stereocenters. The molecule has 2 atom stereocenters. The van der Waals surface area contributed by atoms with E-state index in [-0.39, 0.29) is 23.9 Å². The molecule has 2 aromatic heterocycles. The van der Waals surface area contributed by atoms with E-state index in [1.807, 2.05) is 23.2 Å². The summed E-state index contributed by atoms with van der Waals surface area (Å²) in [7, 11) is 0. The van der Waals surface area contributed by atoms with E-state index >= 15 is 0 Å². The Balaban J connectivity index is 1.63. The Labute approximate surface area is 140 Å². The largest absolute Gasteiger partial charge is 0.354 e. The summed E-state index contributed by atoms with van der Waals surface area (Å²) in [5, 5.41) is 9.89. The molecule has 1 N–H and O–H groups in total. The van der Waals surface area contributed by atoms with Gasteiger partial charge in [0.25, 0.3) is 0 Å². The summed E-state index contributed by atoms with van der Waals surface area (Å²) in [6.07, 6.45) is 6.41. The van der Waals surface area contributed by atoms with Crippen molar-refractivity contribution in [3.63, 3.8) is 0 Å². The van der Waals surface area contributed by atoms with Crippen molar-refractivity contribution in [1.29, 1.82) is 5.26 Å². The van der Waals surface area contributed by atoms with E-state index in [1.165, 1.54) is 0 Å². The number of amides is 1. The quantitative estimate of drug-likeness (QED) is 0.910. The Bertz CT molecular complexity index is 820. The lowest BCUT2D eigenvalue weighted by molar-refractivity contribution is -0.156. The molecule has 0 radical (unpaired) electrons. The number of piperidine rings is 1. The molecule has 1 amide bonds. The van der Waals surface area contributed by atoms with Gasteiger partial charge in [-0.05, 0) is 32.3 Å². The number of carbonyl (C=O) groups excluding carboxylic acids is 1. The second-order valence-corrected chi connectivity index (χ2v) is 6.84. The van der Waals surface area contributed by atoms with Gasteiger partial charge in [0, 0.05) is 25.3 Å². The number of carbonyl (C=O) groups is 1. The smallest absolute Gasteiger partial charge is 0.237 e. The maximum atomic E-state index is 12.4. The van der Waals surface area contributed by atoms with Crippen LogP contribution in [-0.4, -0.2) is 50.4 Å². The maximum absolute atomic E-state index is 12.4. The minimum Gasteiger partial charge on any atom is -0.354 e. The van der Waals surface area contributed by atoms with Crippen molar-refractivity contribution in [3.05, 3.63) is 18.6 Å². The van der Waals surface area contributed by atoms with Gasteiger partial charge in [0.2, 0.25) is 5.91 Å². The van der Waals surface area contributed by atoms with Crippen LogP contribution < -0.4 is 4.90 Å². The van der Waals surface area contributed by atoms with Crippen molar-refractivity contribution in [2.75, 3.05) is 18.0 Å². The molecule has 24 heavy (non-hydrogen) atoms. The van der Waals surface area contributed by atoms with E-state index < -0.39 is 0 Å². The van der Waals surface area contributed by atoms with Gasteiger partial charge in [-0.25, -0.2) is 9.97 Å². The van der Waals surface area contributed by atoms with Crippen molar-refractivity contribution in [2.24, 2.45) is 0 Å². The number of nitrogens with one attached hydrogen (secondary N) is 1. The third kappa shape index (κ3) is 2.13. The van der Waals surface area contributed by atoms with Crippen LogP contribution in [0.3, 0.4) is 0 Å². The third-order valence-electron chi connectivity index (χ3n) is 5.31. The molecule has 0 aromatic carbocycles. The SMILES string of the molecule is CC1CC2(CCCN(c3ncnc4[nH]ccc34)C2)N1C(=O)CC#N. The topological polar surface area (TPSA) is 88.9 Å². The first-order chi connectivity index (χ1) is 11.6. The minimum atomic E-state index is -0.154. The summed E-state index contributed by atoms with van der Waals surface area (Å²) < 4.78 is 0. The van der Waals surface area contributed by atoms with Crippen LogP contribution in [0.25, 0.3) is 11.0 Å². The predicted octanol–water partition coefficient (Wildman–Crippen LogP) is 1.83. The zero-order valence-corrected chi connectivity index (χ0v) is 13.7. The Kier molecular flexibility index (Phi) is 3.41. The van der Waals surface area contributed by atoms with Gasteiger partial charge in [-0.1, -0.05) is 0 Å². The fourth-order valence-electron chi connectivity index (χ4n) is 4.52. The van der Waals surface area contributed by atoms with Crippen molar-refractivity contribution in [1.82, 2.24) is 19.9 Å². The van der Waals surface area contributed by atoms with E-state index in [1.54, 1.807) is 6.33 Å². The summed E-state index contributed by atoms with van der Waals surface area (Å²) >= 11 is 0. The highest BCUT2D eigenvalue weighted by molar-refractivity contribution is 5.87. The molecule has 0 bridgehead atoms. The molecule has 2 aliphatic heterocycles. The lowest BCUT2D eigenvalue weighted by atomic mass is 9.73. The van der Waals surface area contributed by atoms with Gasteiger partial charge in [-0.3, -0.25) is 4.79 Å². The van der Waals surface area contributed by atoms with Crippen LogP contribution in [0.2, 0.25) is 0 Å². The van der Waals surface area contributed by atoms with Gasteiger partial charge in [-0.15, -0.1) is 0 Å². The fourth-order valence-corrected chi connectivity index (χ4v) is 4.52. The molecule has 4 heterocycles. The fraction of sp³-hybridized carbons (Fsp3) is 0.529. The average Bonchev–Trinajstić information content (AvgIpc) is 3.03. The first-order valence-electron chi connectivity index (χ1n) is 8.37. The van der Waals surface area contributed by atoms with Crippen LogP contribution in [0, 0.1) is 11.3 Å². The number of aromatic nitrogens is 3. The first-order valence-corrected chi connectivity index (χ1v) is 8.37. The van der Waals surface area contributed by atoms with Gasteiger partial charge in [0.1, 0.15) is 24.2 Å². The van der Waals surface area contributed by atoms with E-state index in [0.29, 0.717) is 0 Å². The van der Waals surface area contributed by atoms with E-state index in [2.05, 4.69) is 26.8 Å². The summed E-state index contributed by atoms with van der Waals surface area (Å²) in [6.45, 7) is 3.76. The molecule has 1 spiro atoms. The lowest BCUT2D eigenvalue weighted by Gasteiger charge is -2.61.